The van der Waals surface area contributed by atoms with E-state index in [-0.39, 0.29) is 5.63 Å². The van der Waals surface area contributed by atoms with E-state index in [0.29, 0.717) is 18.7 Å². The van der Waals surface area contributed by atoms with Crippen LogP contribution in [0.2, 0.25) is 0 Å². The summed E-state index contributed by atoms with van der Waals surface area (Å²) in [6.07, 6.45) is 0. The molecule has 3 N–H and O–H groups in total. The topological polar surface area (TPSA) is 68.3 Å². The third-order valence-electron chi connectivity index (χ3n) is 2.10. The molecular formula is C11H12N2O2. The van der Waals surface area contributed by atoms with Gasteiger partial charge >= 0.3 is 5.63 Å². The minimum atomic E-state index is -0.335. The molecule has 0 spiro atoms. The fourth-order valence-corrected chi connectivity index (χ4v) is 1.39. The Morgan fingerprint density at radius 2 is 2.07 bits per heavy atom. The lowest BCUT2D eigenvalue weighted by molar-refractivity contribution is 0.561. The summed E-state index contributed by atoms with van der Waals surface area (Å²) >= 11 is 0. The highest BCUT2D eigenvalue weighted by molar-refractivity contribution is 5.80. The predicted octanol–water partition coefficient (Wildman–Crippen LogP) is 1.16. The molecule has 0 amide bonds. The number of nitrogens with one attached hydrogen (secondary N) is 1. The maximum atomic E-state index is 11.0. The Balaban J connectivity index is 2.40. The highest BCUT2D eigenvalue weighted by Crippen LogP contribution is 2.16. The standard InChI is InChI=1S/C11H12N2O2/c12-5-6-13-9-3-1-8-2-4-11(14)15-10(8)7-9/h1-4,7,13H,5-6,12H2. The van der Waals surface area contributed by atoms with E-state index in [2.05, 4.69) is 5.32 Å². The molecular weight excluding hydrogens is 192 g/mol. The maximum absolute atomic E-state index is 11.0. The molecule has 0 saturated carbocycles. The van der Waals surface area contributed by atoms with Crippen LogP contribution in [0.1, 0.15) is 0 Å². The van der Waals surface area contributed by atoms with E-state index in [1.807, 2.05) is 12.1 Å². The second-order valence-electron chi connectivity index (χ2n) is 3.22. The summed E-state index contributed by atoms with van der Waals surface area (Å²) in [6, 6.07) is 8.78. The van der Waals surface area contributed by atoms with Crippen LogP contribution in [0.5, 0.6) is 0 Å². The molecule has 0 radical (unpaired) electrons. The normalized spacial score (nSPS) is 10.5. The smallest absolute Gasteiger partial charge is 0.336 e. The van der Waals surface area contributed by atoms with Crippen LogP contribution in [0.25, 0.3) is 11.0 Å². The van der Waals surface area contributed by atoms with Crippen molar-refractivity contribution < 1.29 is 4.42 Å². The Labute approximate surface area is 86.7 Å². The number of anilines is 1. The number of fused-ring (bicyclic) bond motifs is 1. The van der Waals surface area contributed by atoms with E-state index in [0.717, 1.165) is 11.1 Å². The van der Waals surface area contributed by atoms with Crippen molar-refractivity contribution in [1.82, 2.24) is 0 Å². The van der Waals surface area contributed by atoms with E-state index < -0.39 is 0 Å². The zero-order valence-corrected chi connectivity index (χ0v) is 8.19. The van der Waals surface area contributed by atoms with Crippen LogP contribution in [-0.2, 0) is 0 Å². The summed E-state index contributed by atoms with van der Waals surface area (Å²) in [6.45, 7) is 1.26. The van der Waals surface area contributed by atoms with Crippen LogP contribution in [0, 0.1) is 0 Å². The lowest BCUT2D eigenvalue weighted by atomic mass is 10.2. The monoisotopic (exact) mass is 204 g/mol. The molecule has 4 heteroatoms. The molecule has 2 aromatic rings. The molecule has 1 aromatic heterocycles. The third kappa shape index (κ3) is 2.16. The van der Waals surface area contributed by atoms with E-state index in [9.17, 15) is 4.79 Å². The summed E-state index contributed by atoms with van der Waals surface area (Å²) in [5.74, 6) is 0. The van der Waals surface area contributed by atoms with Crippen molar-refractivity contribution in [1.29, 1.82) is 0 Å². The fourth-order valence-electron chi connectivity index (χ4n) is 1.39. The first-order valence-corrected chi connectivity index (χ1v) is 4.77. The van der Waals surface area contributed by atoms with E-state index in [1.54, 1.807) is 12.1 Å². The van der Waals surface area contributed by atoms with Gasteiger partial charge in [0, 0.05) is 36.3 Å². The number of rotatable bonds is 3. The number of hydrogen-bond donors (Lipinski definition) is 2. The summed E-state index contributed by atoms with van der Waals surface area (Å²) in [7, 11) is 0. The minimum Gasteiger partial charge on any atom is -0.423 e. The van der Waals surface area contributed by atoms with Gasteiger partial charge in [-0.25, -0.2) is 4.79 Å². The summed E-state index contributed by atoms with van der Waals surface area (Å²) in [5, 5.41) is 4.03. The number of benzene rings is 1. The van der Waals surface area contributed by atoms with Gasteiger partial charge in [-0.3, -0.25) is 0 Å². The van der Waals surface area contributed by atoms with Crippen LogP contribution in [0.15, 0.2) is 39.5 Å². The zero-order valence-electron chi connectivity index (χ0n) is 8.19. The van der Waals surface area contributed by atoms with Crippen LogP contribution >= 0.6 is 0 Å². The largest absolute Gasteiger partial charge is 0.423 e. The van der Waals surface area contributed by atoms with Gasteiger partial charge in [-0.2, -0.15) is 0 Å². The van der Waals surface area contributed by atoms with Crippen LogP contribution in [-0.4, -0.2) is 13.1 Å². The lowest BCUT2D eigenvalue weighted by Gasteiger charge is -2.04. The average Bonchev–Trinajstić information content (AvgIpc) is 2.25. The van der Waals surface area contributed by atoms with Crippen molar-refractivity contribution in [3.05, 3.63) is 40.8 Å². The van der Waals surface area contributed by atoms with Crippen molar-refractivity contribution in [3.63, 3.8) is 0 Å². The summed E-state index contributed by atoms with van der Waals surface area (Å²) in [4.78, 5) is 11.0. The predicted molar refractivity (Wildman–Crippen MR) is 60.0 cm³/mol. The molecule has 0 atom stereocenters. The molecule has 0 unspecified atom stereocenters. The van der Waals surface area contributed by atoms with Gasteiger partial charge in [0.15, 0.2) is 0 Å². The van der Waals surface area contributed by atoms with Gasteiger partial charge in [-0.15, -0.1) is 0 Å². The molecule has 2 rings (SSSR count). The first-order chi connectivity index (χ1) is 7.29. The highest BCUT2D eigenvalue weighted by Gasteiger charge is 1.98. The second kappa shape index (κ2) is 4.14. The summed E-state index contributed by atoms with van der Waals surface area (Å²) < 4.78 is 5.06. The molecule has 0 saturated heterocycles. The molecule has 78 valence electrons. The Hall–Kier alpha value is -1.81. The van der Waals surface area contributed by atoms with Crippen molar-refractivity contribution in [2.75, 3.05) is 18.4 Å². The summed E-state index contributed by atoms with van der Waals surface area (Å²) in [5.41, 5.74) is 6.53. The first-order valence-electron chi connectivity index (χ1n) is 4.77. The average molecular weight is 204 g/mol. The number of nitrogens with two attached hydrogens (primary N) is 1. The highest BCUT2D eigenvalue weighted by atomic mass is 16.4. The van der Waals surface area contributed by atoms with Crippen LogP contribution < -0.4 is 16.7 Å². The van der Waals surface area contributed by atoms with E-state index >= 15 is 0 Å². The third-order valence-corrected chi connectivity index (χ3v) is 2.10. The van der Waals surface area contributed by atoms with Gasteiger partial charge in [-0.05, 0) is 18.2 Å². The Morgan fingerprint density at radius 1 is 1.27 bits per heavy atom. The SMILES string of the molecule is NCCNc1ccc2ccc(=O)oc2c1. The number of hydrogen-bond acceptors (Lipinski definition) is 4. The molecule has 15 heavy (non-hydrogen) atoms. The molecule has 0 fully saturated rings. The van der Waals surface area contributed by atoms with Gasteiger partial charge in [-0.1, -0.05) is 0 Å². The second-order valence-corrected chi connectivity index (χ2v) is 3.22. The quantitative estimate of drug-likeness (QED) is 0.736. The molecule has 0 aliphatic rings. The van der Waals surface area contributed by atoms with Gasteiger partial charge in [0.2, 0.25) is 0 Å². The van der Waals surface area contributed by atoms with Gasteiger partial charge in [0.25, 0.3) is 0 Å². The van der Waals surface area contributed by atoms with Gasteiger partial charge in [0.05, 0.1) is 0 Å². The Kier molecular flexibility index (Phi) is 2.69. The van der Waals surface area contributed by atoms with Gasteiger partial charge < -0.3 is 15.5 Å². The van der Waals surface area contributed by atoms with Crippen LogP contribution in [0.3, 0.4) is 0 Å². The fraction of sp³-hybridized carbons (Fsp3) is 0.182. The molecule has 0 aliphatic heterocycles. The Bertz CT molecular complexity index is 519. The molecule has 1 aromatic carbocycles. The van der Waals surface area contributed by atoms with Crippen molar-refractivity contribution >= 4 is 16.7 Å². The minimum absolute atomic E-state index is 0.335. The van der Waals surface area contributed by atoms with Crippen molar-refractivity contribution in [2.24, 2.45) is 5.73 Å². The van der Waals surface area contributed by atoms with E-state index in [1.165, 1.54) is 6.07 Å². The molecule has 0 bridgehead atoms. The van der Waals surface area contributed by atoms with Crippen molar-refractivity contribution in [2.45, 2.75) is 0 Å². The maximum Gasteiger partial charge on any atom is 0.336 e. The zero-order chi connectivity index (χ0) is 10.7. The molecule has 1 heterocycles. The van der Waals surface area contributed by atoms with Crippen LogP contribution in [0.4, 0.5) is 5.69 Å². The van der Waals surface area contributed by atoms with Crippen molar-refractivity contribution in [3.8, 4) is 0 Å². The Morgan fingerprint density at radius 3 is 2.87 bits per heavy atom. The first kappa shape index (κ1) is 9.73. The molecule has 4 nitrogen and oxygen atoms in total. The lowest BCUT2D eigenvalue weighted by Crippen LogP contribution is -2.12. The van der Waals surface area contributed by atoms with E-state index in [4.69, 9.17) is 10.2 Å². The van der Waals surface area contributed by atoms with Gasteiger partial charge in [0.1, 0.15) is 5.58 Å². The molecule has 0 aliphatic carbocycles.